The predicted molar refractivity (Wildman–Crippen MR) is 99.3 cm³/mol. The molecular formula is C18H15BrN2OS. The molecule has 5 heteroatoms. The van der Waals surface area contributed by atoms with E-state index in [1.165, 1.54) is 0 Å². The lowest BCUT2D eigenvalue weighted by Crippen LogP contribution is -2.23. The molecule has 0 bridgehead atoms. The summed E-state index contributed by atoms with van der Waals surface area (Å²) in [5.41, 5.74) is 1.85. The minimum absolute atomic E-state index is 0.0255. The van der Waals surface area contributed by atoms with Gasteiger partial charge in [-0.25, -0.2) is 0 Å². The van der Waals surface area contributed by atoms with E-state index < -0.39 is 0 Å². The zero-order chi connectivity index (χ0) is 16.2. The highest BCUT2D eigenvalue weighted by atomic mass is 79.9. The van der Waals surface area contributed by atoms with Crippen LogP contribution in [0.2, 0.25) is 0 Å². The average molecular weight is 387 g/mol. The van der Waals surface area contributed by atoms with Crippen molar-refractivity contribution in [3.8, 4) is 0 Å². The van der Waals surface area contributed by atoms with Crippen LogP contribution in [0.4, 0.5) is 0 Å². The molecule has 0 aliphatic rings. The number of thiophene rings is 1. The first-order chi connectivity index (χ1) is 11.1. The highest BCUT2D eigenvalue weighted by molar-refractivity contribution is 9.11. The molecule has 0 aliphatic carbocycles. The molecule has 0 unspecified atom stereocenters. The summed E-state index contributed by atoms with van der Waals surface area (Å²) in [5.74, 6) is -0.0255. The zero-order valence-electron chi connectivity index (χ0n) is 12.6. The van der Waals surface area contributed by atoms with E-state index in [9.17, 15) is 4.79 Å². The van der Waals surface area contributed by atoms with Gasteiger partial charge in [-0.05, 0) is 40.2 Å². The molecule has 1 aromatic carbocycles. The molecule has 2 heterocycles. The Balaban J connectivity index is 1.74. The van der Waals surface area contributed by atoms with Gasteiger partial charge in [0.15, 0.2) is 0 Å². The third kappa shape index (κ3) is 3.86. The molecule has 0 saturated heterocycles. The van der Waals surface area contributed by atoms with Crippen molar-refractivity contribution >= 4 is 50.2 Å². The van der Waals surface area contributed by atoms with Crippen molar-refractivity contribution < 1.29 is 4.79 Å². The molecule has 0 spiro atoms. The number of carbonyl (C=O) groups is 1. The molecule has 1 amide bonds. The van der Waals surface area contributed by atoms with E-state index in [1.54, 1.807) is 28.5 Å². The number of hydrogen-bond acceptors (Lipinski definition) is 3. The van der Waals surface area contributed by atoms with Gasteiger partial charge in [-0.3, -0.25) is 9.78 Å². The minimum atomic E-state index is -0.0255. The highest BCUT2D eigenvalue weighted by Gasteiger charge is 2.08. The molecule has 3 rings (SSSR count). The molecule has 0 radical (unpaired) electrons. The van der Waals surface area contributed by atoms with E-state index in [4.69, 9.17) is 0 Å². The Hall–Kier alpha value is -1.98. The number of hydrogen-bond donors (Lipinski definition) is 0. The normalized spacial score (nSPS) is 11.2. The van der Waals surface area contributed by atoms with Crippen molar-refractivity contribution in [1.82, 2.24) is 9.88 Å². The number of amides is 1. The highest BCUT2D eigenvalue weighted by Crippen LogP contribution is 2.23. The Morgan fingerprint density at radius 2 is 2.09 bits per heavy atom. The van der Waals surface area contributed by atoms with Crippen LogP contribution in [-0.2, 0) is 11.3 Å². The van der Waals surface area contributed by atoms with Gasteiger partial charge in [0.05, 0.1) is 15.8 Å². The van der Waals surface area contributed by atoms with Crippen molar-refractivity contribution in [3.63, 3.8) is 0 Å². The Kier molecular flexibility index (Phi) is 4.88. The SMILES string of the molecule is CN(Cc1ccc(Br)s1)C(=O)/C=C/c1cccc2cccnc12. The van der Waals surface area contributed by atoms with Gasteiger partial charge in [-0.2, -0.15) is 0 Å². The average Bonchev–Trinajstić information content (AvgIpc) is 2.97. The molecule has 23 heavy (non-hydrogen) atoms. The number of carbonyl (C=O) groups excluding carboxylic acids is 1. The number of nitrogens with zero attached hydrogens (tertiary/aromatic N) is 2. The van der Waals surface area contributed by atoms with E-state index in [1.807, 2.05) is 55.6 Å². The quantitative estimate of drug-likeness (QED) is 0.607. The van der Waals surface area contributed by atoms with E-state index in [2.05, 4.69) is 20.9 Å². The number of para-hydroxylation sites is 1. The predicted octanol–water partition coefficient (Wildman–Crippen LogP) is 4.73. The lowest BCUT2D eigenvalue weighted by Gasteiger charge is -2.13. The lowest BCUT2D eigenvalue weighted by atomic mass is 10.1. The van der Waals surface area contributed by atoms with Crippen LogP contribution in [0, 0.1) is 0 Å². The van der Waals surface area contributed by atoms with Crippen LogP contribution in [0.3, 0.4) is 0 Å². The van der Waals surface area contributed by atoms with Gasteiger partial charge >= 0.3 is 0 Å². The molecule has 0 N–H and O–H groups in total. The van der Waals surface area contributed by atoms with Gasteiger partial charge in [0.25, 0.3) is 0 Å². The van der Waals surface area contributed by atoms with E-state index in [0.29, 0.717) is 6.54 Å². The molecule has 0 fully saturated rings. The first-order valence-corrected chi connectivity index (χ1v) is 8.75. The number of halogens is 1. The van der Waals surface area contributed by atoms with Gasteiger partial charge in [-0.15, -0.1) is 11.3 Å². The van der Waals surface area contributed by atoms with E-state index in [0.717, 1.165) is 25.1 Å². The topological polar surface area (TPSA) is 33.2 Å². The molecule has 0 atom stereocenters. The first-order valence-electron chi connectivity index (χ1n) is 7.14. The van der Waals surface area contributed by atoms with Crippen molar-refractivity contribution in [2.75, 3.05) is 7.05 Å². The summed E-state index contributed by atoms with van der Waals surface area (Å²) in [5, 5.41) is 1.07. The smallest absolute Gasteiger partial charge is 0.246 e. The number of pyridine rings is 1. The first kappa shape index (κ1) is 15.9. The summed E-state index contributed by atoms with van der Waals surface area (Å²) in [6, 6.07) is 13.9. The number of rotatable bonds is 4. The molecule has 2 aromatic heterocycles. The van der Waals surface area contributed by atoms with Gasteiger partial charge in [0.1, 0.15) is 0 Å². The Labute approximate surface area is 147 Å². The largest absolute Gasteiger partial charge is 0.337 e. The maximum Gasteiger partial charge on any atom is 0.246 e. The van der Waals surface area contributed by atoms with Crippen LogP contribution in [0.15, 0.2) is 58.5 Å². The maximum atomic E-state index is 12.3. The molecule has 3 nitrogen and oxygen atoms in total. The van der Waals surface area contributed by atoms with Crippen LogP contribution >= 0.6 is 27.3 Å². The maximum absolute atomic E-state index is 12.3. The Bertz CT molecular complexity index is 867. The third-order valence-corrected chi connectivity index (χ3v) is 5.08. The monoisotopic (exact) mass is 386 g/mol. The van der Waals surface area contributed by atoms with Crippen LogP contribution < -0.4 is 0 Å². The summed E-state index contributed by atoms with van der Waals surface area (Å²) in [7, 11) is 1.81. The second kappa shape index (κ2) is 7.06. The van der Waals surface area contributed by atoms with Crippen molar-refractivity contribution in [2.24, 2.45) is 0 Å². The summed E-state index contributed by atoms with van der Waals surface area (Å²) in [4.78, 5) is 19.5. The number of likely N-dealkylation sites (N-methyl/N-ethyl adjacent to an activating group) is 1. The van der Waals surface area contributed by atoms with E-state index in [-0.39, 0.29) is 5.91 Å². The number of aromatic nitrogens is 1. The van der Waals surface area contributed by atoms with Crippen LogP contribution in [0.1, 0.15) is 10.4 Å². The summed E-state index contributed by atoms with van der Waals surface area (Å²) >= 11 is 5.08. The number of fused-ring (bicyclic) bond motifs is 1. The Morgan fingerprint density at radius 3 is 2.87 bits per heavy atom. The second-order valence-corrected chi connectivity index (χ2v) is 7.70. The molecule has 3 aromatic rings. The van der Waals surface area contributed by atoms with Gasteiger partial charge in [0, 0.05) is 35.1 Å². The zero-order valence-corrected chi connectivity index (χ0v) is 15.0. The van der Waals surface area contributed by atoms with Crippen molar-refractivity contribution in [3.05, 3.63) is 69.0 Å². The van der Waals surface area contributed by atoms with Crippen LogP contribution in [0.5, 0.6) is 0 Å². The summed E-state index contributed by atoms with van der Waals surface area (Å²) in [6.07, 6.45) is 5.20. The van der Waals surface area contributed by atoms with Gasteiger partial charge < -0.3 is 4.90 Å². The lowest BCUT2D eigenvalue weighted by molar-refractivity contribution is -0.125. The summed E-state index contributed by atoms with van der Waals surface area (Å²) in [6.45, 7) is 0.604. The fourth-order valence-electron chi connectivity index (χ4n) is 2.30. The van der Waals surface area contributed by atoms with Gasteiger partial charge in [0.2, 0.25) is 5.91 Å². The second-order valence-electron chi connectivity index (χ2n) is 5.16. The standard InChI is InChI=1S/C18H15BrN2OS/c1-21(12-15-8-9-16(19)23-15)17(22)10-7-14-5-2-4-13-6-3-11-20-18(13)14/h2-11H,12H2,1H3/b10-7+. The van der Waals surface area contributed by atoms with Crippen LogP contribution in [0.25, 0.3) is 17.0 Å². The third-order valence-electron chi connectivity index (χ3n) is 3.47. The molecular weight excluding hydrogens is 372 g/mol. The number of benzene rings is 1. The van der Waals surface area contributed by atoms with E-state index >= 15 is 0 Å². The van der Waals surface area contributed by atoms with Crippen molar-refractivity contribution in [2.45, 2.75) is 6.54 Å². The molecule has 116 valence electrons. The van der Waals surface area contributed by atoms with Crippen LogP contribution in [-0.4, -0.2) is 22.8 Å². The molecule has 0 saturated carbocycles. The van der Waals surface area contributed by atoms with Gasteiger partial charge in [-0.1, -0.05) is 24.3 Å². The fourth-order valence-corrected chi connectivity index (χ4v) is 3.84. The minimum Gasteiger partial charge on any atom is -0.337 e. The Morgan fingerprint density at radius 1 is 1.26 bits per heavy atom. The van der Waals surface area contributed by atoms with Crippen molar-refractivity contribution in [1.29, 1.82) is 0 Å². The molecule has 0 aliphatic heterocycles. The summed E-state index contributed by atoms with van der Waals surface area (Å²) < 4.78 is 1.07. The fraction of sp³-hybridized carbons (Fsp3) is 0.111.